The third-order valence-corrected chi connectivity index (χ3v) is 3.17. The first-order chi connectivity index (χ1) is 7.51. The number of hydrogen-bond acceptors (Lipinski definition) is 1. The largest absolute Gasteiger partial charge is 0.282 e. The van der Waals surface area contributed by atoms with Gasteiger partial charge in [0.15, 0.2) is 0 Å². The van der Waals surface area contributed by atoms with Crippen molar-refractivity contribution in [1.82, 2.24) is 0 Å². The normalized spacial score (nSPS) is 12.6. The second kappa shape index (κ2) is 4.49. The van der Waals surface area contributed by atoms with Gasteiger partial charge in [-0.05, 0) is 34.1 Å². The van der Waals surface area contributed by atoms with Crippen molar-refractivity contribution in [3.63, 3.8) is 0 Å². The van der Waals surface area contributed by atoms with Gasteiger partial charge in [0, 0.05) is 5.56 Å². The van der Waals surface area contributed by atoms with Crippen LogP contribution in [0.4, 0.5) is 0 Å². The van der Waals surface area contributed by atoms with Crippen molar-refractivity contribution in [3.05, 3.63) is 34.9 Å². The Morgan fingerprint density at radius 1 is 0.882 bits per heavy atom. The van der Waals surface area contributed by atoms with Crippen LogP contribution in [-0.4, -0.2) is 5.12 Å². The SMILES string of the molecule is CC(C)(C)c1cc(C(=O)S)cc(C(C)(C)C)c1. The van der Waals surface area contributed by atoms with E-state index in [-0.39, 0.29) is 15.9 Å². The molecule has 0 aromatic heterocycles. The lowest BCUT2D eigenvalue weighted by Crippen LogP contribution is -2.17. The Balaban J connectivity index is 3.45. The molecule has 0 amide bonds. The zero-order valence-corrected chi connectivity index (χ0v) is 12.5. The Labute approximate surface area is 110 Å². The zero-order valence-electron chi connectivity index (χ0n) is 11.6. The van der Waals surface area contributed by atoms with Crippen molar-refractivity contribution in [3.8, 4) is 0 Å². The fraction of sp³-hybridized carbons (Fsp3) is 0.533. The number of benzene rings is 1. The molecule has 94 valence electrons. The number of thiol groups is 1. The van der Waals surface area contributed by atoms with Crippen LogP contribution in [0.15, 0.2) is 18.2 Å². The summed E-state index contributed by atoms with van der Waals surface area (Å²) in [7, 11) is 0. The van der Waals surface area contributed by atoms with Gasteiger partial charge in [0.2, 0.25) is 5.12 Å². The zero-order chi connectivity index (χ0) is 13.4. The maximum atomic E-state index is 11.5. The molecule has 0 aliphatic rings. The van der Waals surface area contributed by atoms with Crippen molar-refractivity contribution < 1.29 is 4.79 Å². The van der Waals surface area contributed by atoms with Gasteiger partial charge in [-0.2, -0.15) is 0 Å². The van der Waals surface area contributed by atoms with Crippen LogP contribution < -0.4 is 0 Å². The van der Waals surface area contributed by atoms with Crippen molar-refractivity contribution in [2.45, 2.75) is 52.4 Å². The summed E-state index contributed by atoms with van der Waals surface area (Å²) in [4.78, 5) is 11.5. The maximum absolute atomic E-state index is 11.5. The molecule has 0 heterocycles. The van der Waals surface area contributed by atoms with Gasteiger partial charge < -0.3 is 0 Å². The van der Waals surface area contributed by atoms with E-state index in [2.05, 4.69) is 60.2 Å². The van der Waals surface area contributed by atoms with Crippen LogP contribution in [0.1, 0.15) is 63.0 Å². The Hall–Kier alpha value is -0.760. The topological polar surface area (TPSA) is 17.1 Å². The lowest BCUT2D eigenvalue weighted by molar-refractivity contribution is 0.109. The summed E-state index contributed by atoms with van der Waals surface area (Å²) in [5.41, 5.74) is 3.13. The Kier molecular flexibility index (Phi) is 3.78. The maximum Gasteiger partial charge on any atom is 0.216 e. The van der Waals surface area contributed by atoms with Crippen LogP contribution >= 0.6 is 12.6 Å². The molecular weight excluding hydrogens is 228 g/mol. The molecule has 1 aromatic rings. The molecule has 0 aliphatic heterocycles. The van der Waals surface area contributed by atoms with Crippen LogP contribution in [0.25, 0.3) is 0 Å². The van der Waals surface area contributed by atoms with E-state index in [1.54, 1.807) is 0 Å². The molecule has 0 saturated heterocycles. The molecule has 2 heteroatoms. The standard InChI is InChI=1S/C15H22OS/c1-14(2,3)11-7-10(13(16)17)8-12(9-11)15(4,5)6/h7-9H,1-6H3,(H,16,17). The predicted molar refractivity (Wildman–Crippen MR) is 77.2 cm³/mol. The van der Waals surface area contributed by atoms with Gasteiger partial charge in [-0.1, -0.05) is 47.6 Å². The average molecular weight is 250 g/mol. The van der Waals surface area contributed by atoms with Crippen LogP contribution in [0.5, 0.6) is 0 Å². The number of carbonyl (C=O) groups excluding carboxylic acids is 1. The molecule has 1 nitrogen and oxygen atoms in total. The van der Waals surface area contributed by atoms with E-state index in [0.29, 0.717) is 5.56 Å². The second-order valence-corrected chi connectivity index (χ2v) is 7.01. The highest BCUT2D eigenvalue weighted by molar-refractivity contribution is 7.97. The van der Waals surface area contributed by atoms with Crippen molar-refractivity contribution in [2.24, 2.45) is 0 Å². The molecular formula is C15H22OS. The molecule has 0 fully saturated rings. The van der Waals surface area contributed by atoms with E-state index < -0.39 is 0 Å². The summed E-state index contributed by atoms with van der Waals surface area (Å²) in [6, 6.07) is 6.09. The fourth-order valence-corrected chi connectivity index (χ4v) is 1.75. The summed E-state index contributed by atoms with van der Waals surface area (Å²) in [5, 5.41) is -0.165. The summed E-state index contributed by atoms with van der Waals surface area (Å²) >= 11 is 3.93. The van der Waals surface area contributed by atoms with Crippen LogP contribution in [0.3, 0.4) is 0 Å². The highest BCUT2D eigenvalue weighted by Crippen LogP contribution is 2.30. The van der Waals surface area contributed by atoms with E-state index in [0.717, 1.165) is 0 Å². The molecule has 0 unspecified atom stereocenters. The summed E-state index contributed by atoms with van der Waals surface area (Å²) in [5.74, 6) is 0. The first-order valence-electron chi connectivity index (χ1n) is 5.91. The minimum absolute atomic E-state index is 0.0409. The van der Waals surface area contributed by atoms with Crippen molar-refractivity contribution in [2.75, 3.05) is 0 Å². The van der Waals surface area contributed by atoms with Crippen LogP contribution in [-0.2, 0) is 10.8 Å². The number of rotatable bonds is 1. The lowest BCUT2D eigenvalue weighted by atomic mass is 9.80. The Bertz CT molecular complexity index is 401. The highest BCUT2D eigenvalue weighted by Gasteiger charge is 2.21. The van der Waals surface area contributed by atoms with Crippen LogP contribution in [0, 0.1) is 0 Å². The van der Waals surface area contributed by atoms with Gasteiger partial charge in [-0.25, -0.2) is 0 Å². The monoisotopic (exact) mass is 250 g/mol. The quantitative estimate of drug-likeness (QED) is 0.733. The first-order valence-corrected chi connectivity index (χ1v) is 6.36. The number of hydrogen-bond donors (Lipinski definition) is 1. The van der Waals surface area contributed by atoms with E-state index in [4.69, 9.17) is 0 Å². The van der Waals surface area contributed by atoms with Gasteiger partial charge in [-0.15, -0.1) is 12.6 Å². The fourth-order valence-electron chi connectivity index (χ4n) is 1.62. The minimum Gasteiger partial charge on any atom is -0.282 e. The molecule has 0 aliphatic carbocycles. The van der Waals surface area contributed by atoms with Gasteiger partial charge in [0.25, 0.3) is 0 Å². The molecule has 1 aromatic carbocycles. The van der Waals surface area contributed by atoms with Crippen LogP contribution in [0.2, 0.25) is 0 Å². The average Bonchev–Trinajstić information content (AvgIpc) is 2.14. The predicted octanol–water partition coefficient (Wildman–Crippen LogP) is 4.35. The highest BCUT2D eigenvalue weighted by atomic mass is 32.1. The smallest absolute Gasteiger partial charge is 0.216 e. The van der Waals surface area contributed by atoms with Crippen molar-refractivity contribution in [1.29, 1.82) is 0 Å². The molecule has 1 rings (SSSR count). The molecule has 0 bridgehead atoms. The van der Waals surface area contributed by atoms with E-state index in [1.165, 1.54) is 11.1 Å². The van der Waals surface area contributed by atoms with Gasteiger partial charge in [0.1, 0.15) is 0 Å². The molecule has 0 atom stereocenters. The summed E-state index contributed by atoms with van der Waals surface area (Å²) < 4.78 is 0. The molecule has 0 spiro atoms. The van der Waals surface area contributed by atoms with Gasteiger partial charge >= 0.3 is 0 Å². The third-order valence-electron chi connectivity index (χ3n) is 2.91. The number of carbonyl (C=O) groups is 1. The second-order valence-electron chi connectivity index (χ2n) is 6.60. The molecule has 17 heavy (non-hydrogen) atoms. The van der Waals surface area contributed by atoms with Gasteiger partial charge in [0.05, 0.1) is 0 Å². The molecule has 0 radical (unpaired) electrons. The first kappa shape index (κ1) is 14.3. The van der Waals surface area contributed by atoms with E-state index in [9.17, 15) is 4.79 Å². The Morgan fingerprint density at radius 3 is 1.47 bits per heavy atom. The molecule has 0 N–H and O–H groups in total. The lowest BCUT2D eigenvalue weighted by Gasteiger charge is -2.25. The minimum atomic E-state index is -0.165. The molecule has 0 saturated carbocycles. The van der Waals surface area contributed by atoms with E-state index >= 15 is 0 Å². The van der Waals surface area contributed by atoms with Gasteiger partial charge in [-0.3, -0.25) is 4.79 Å². The third kappa shape index (κ3) is 3.60. The van der Waals surface area contributed by atoms with Crippen molar-refractivity contribution >= 4 is 17.7 Å². The summed E-state index contributed by atoms with van der Waals surface area (Å²) in [6.45, 7) is 12.9. The summed E-state index contributed by atoms with van der Waals surface area (Å²) in [6.07, 6.45) is 0. The Morgan fingerprint density at radius 2 is 1.24 bits per heavy atom. The van der Waals surface area contributed by atoms with E-state index in [1.807, 2.05) is 12.1 Å².